The molecular formula is C21H24FN5O7S. The maximum Gasteiger partial charge on any atom is 0.286 e. The summed E-state index contributed by atoms with van der Waals surface area (Å²) in [6.45, 7) is 1.86. The molecular weight excluding hydrogens is 485 g/mol. The van der Waals surface area contributed by atoms with Crippen LogP contribution in [0.4, 0.5) is 10.1 Å². The lowest BCUT2D eigenvalue weighted by atomic mass is 10.2. The Balaban J connectivity index is 2.07. The Kier molecular flexibility index (Phi) is 8.19. The predicted molar refractivity (Wildman–Crippen MR) is 123 cm³/mol. The monoisotopic (exact) mass is 509 g/mol. The Morgan fingerprint density at radius 3 is 2.34 bits per heavy atom. The van der Waals surface area contributed by atoms with Crippen molar-refractivity contribution in [2.45, 2.75) is 20.0 Å². The van der Waals surface area contributed by atoms with E-state index in [1.165, 1.54) is 14.2 Å². The number of methoxy groups -OCH3 is 2. The Morgan fingerprint density at radius 1 is 1.14 bits per heavy atom. The number of aromatic hydroxyl groups is 1. The predicted octanol–water partition coefficient (Wildman–Crippen LogP) is 1.41. The summed E-state index contributed by atoms with van der Waals surface area (Å²) < 4.78 is 57.6. The van der Waals surface area contributed by atoms with Crippen LogP contribution in [-0.2, 0) is 27.8 Å². The van der Waals surface area contributed by atoms with Gasteiger partial charge in [0.05, 0.1) is 32.4 Å². The highest BCUT2D eigenvalue weighted by Gasteiger charge is 2.25. The third-order valence-electron chi connectivity index (χ3n) is 4.72. The summed E-state index contributed by atoms with van der Waals surface area (Å²) in [4.78, 5) is 24.9. The van der Waals surface area contributed by atoms with E-state index in [-0.39, 0.29) is 41.9 Å². The van der Waals surface area contributed by atoms with E-state index in [2.05, 4.69) is 19.7 Å². The molecule has 0 aliphatic carbocycles. The van der Waals surface area contributed by atoms with Crippen molar-refractivity contribution in [2.24, 2.45) is 0 Å². The van der Waals surface area contributed by atoms with Crippen LogP contribution in [0.15, 0.2) is 35.4 Å². The molecule has 2 N–H and O–H groups in total. The van der Waals surface area contributed by atoms with E-state index in [1.807, 2.05) is 0 Å². The average Bonchev–Trinajstić information content (AvgIpc) is 2.84. The number of aromatic nitrogens is 4. The van der Waals surface area contributed by atoms with Crippen LogP contribution in [0.2, 0.25) is 0 Å². The van der Waals surface area contributed by atoms with Crippen LogP contribution < -0.4 is 19.8 Å². The molecule has 14 heteroatoms. The lowest BCUT2D eigenvalue weighted by Crippen LogP contribution is -2.30. The third kappa shape index (κ3) is 6.02. The second-order valence-electron chi connectivity index (χ2n) is 7.00. The number of para-hydroxylation sites is 1. The molecule has 0 aliphatic rings. The molecule has 0 unspecified atom stereocenters. The first-order chi connectivity index (χ1) is 16.7. The number of sulfonamides is 1. The summed E-state index contributed by atoms with van der Waals surface area (Å²) in [6.07, 6.45) is 1.66. The minimum Gasteiger partial charge on any atom is -0.494 e. The van der Waals surface area contributed by atoms with E-state index >= 15 is 0 Å². The standard InChI is InChI=1S/C21H24FN5O7S/c1-4-34-12-17-25-20(28)18(26-35(30,31)9-8-16-23-10-13(22)11-24-16)21(29)27(17)19-14(32-2)6-5-7-15(19)33-3/h5-7,10-11,26,28H,4,8-9,12H2,1-3H3. The van der Waals surface area contributed by atoms with E-state index in [9.17, 15) is 22.7 Å². The van der Waals surface area contributed by atoms with Crippen LogP contribution in [0, 0.1) is 5.82 Å². The molecule has 0 aliphatic heterocycles. The number of nitrogens with zero attached hydrogens (tertiary/aromatic N) is 4. The molecule has 3 rings (SSSR count). The maximum atomic E-state index is 13.5. The summed E-state index contributed by atoms with van der Waals surface area (Å²) >= 11 is 0. The molecule has 0 saturated heterocycles. The highest BCUT2D eigenvalue weighted by Crippen LogP contribution is 2.33. The highest BCUT2D eigenvalue weighted by atomic mass is 32.2. The highest BCUT2D eigenvalue weighted by molar-refractivity contribution is 7.92. The first-order valence-electron chi connectivity index (χ1n) is 10.3. The largest absolute Gasteiger partial charge is 0.494 e. The number of aryl methyl sites for hydroxylation is 1. The number of hydrogen-bond acceptors (Lipinski definition) is 10. The van der Waals surface area contributed by atoms with Crippen LogP contribution >= 0.6 is 0 Å². The summed E-state index contributed by atoms with van der Waals surface area (Å²) in [7, 11) is -1.40. The van der Waals surface area contributed by atoms with Crippen molar-refractivity contribution in [3.63, 3.8) is 0 Å². The topological polar surface area (TPSA) is 155 Å². The SMILES string of the molecule is CCOCc1nc(O)c(NS(=O)(=O)CCc2ncc(F)cn2)c(=O)n1-c1c(OC)cccc1OC. The van der Waals surface area contributed by atoms with Gasteiger partial charge in [0.2, 0.25) is 15.9 Å². The summed E-state index contributed by atoms with van der Waals surface area (Å²) in [5.41, 5.74) is -1.47. The number of anilines is 1. The summed E-state index contributed by atoms with van der Waals surface area (Å²) in [5.74, 6) is -1.50. The fourth-order valence-electron chi connectivity index (χ4n) is 3.12. The van der Waals surface area contributed by atoms with Gasteiger partial charge in [0.15, 0.2) is 11.5 Å². The fourth-order valence-corrected chi connectivity index (χ4v) is 4.16. The van der Waals surface area contributed by atoms with Crippen molar-refractivity contribution >= 4 is 15.7 Å². The number of halogens is 1. The van der Waals surface area contributed by atoms with E-state index in [0.717, 1.165) is 17.0 Å². The molecule has 3 aromatic rings. The third-order valence-corrected chi connectivity index (χ3v) is 5.98. The van der Waals surface area contributed by atoms with Crippen molar-refractivity contribution in [1.82, 2.24) is 19.5 Å². The molecule has 0 fully saturated rings. The number of nitrogens with one attached hydrogen (secondary N) is 1. The molecule has 0 saturated carbocycles. The molecule has 0 spiro atoms. The lowest BCUT2D eigenvalue weighted by molar-refractivity contribution is 0.125. The summed E-state index contributed by atoms with van der Waals surface area (Å²) in [5, 5.41) is 10.4. The van der Waals surface area contributed by atoms with Crippen LogP contribution in [-0.4, -0.2) is 59.6 Å². The zero-order chi connectivity index (χ0) is 25.6. The van der Waals surface area contributed by atoms with Gasteiger partial charge in [-0.25, -0.2) is 22.8 Å². The molecule has 0 bridgehead atoms. The van der Waals surface area contributed by atoms with Crippen molar-refractivity contribution in [1.29, 1.82) is 0 Å². The van der Waals surface area contributed by atoms with Gasteiger partial charge in [-0.15, -0.1) is 0 Å². The lowest BCUT2D eigenvalue weighted by Gasteiger charge is -2.19. The first kappa shape index (κ1) is 25.8. The minimum absolute atomic E-state index is 0.0141. The van der Waals surface area contributed by atoms with Crippen LogP contribution in [0.1, 0.15) is 18.6 Å². The molecule has 188 valence electrons. The van der Waals surface area contributed by atoms with Crippen LogP contribution in [0.3, 0.4) is 0 Å². The molecule has 0 atom stereocenters. The molecule has 0 radical (unpaired) electrons. The average molecular weight is 510 g/mol. The van der Waals surface area contributed by atoms with E-state index < -0.39 is 38.7 Å². The van der Waals surface area contributed by atoms with Gasteiger partial charge in [0.25, 0.3) is 5.56 Å². The van der Waals surface area contributed by atoms with Gasteiger partial charge in [-0.05, 0) is 19.1 Å². The molecule has 35 heavy (non-hydrogen) atoms. The van der Waals surface area contributed by atoms with Gasteiger partial charge in [-0.1, -0.05) is 6.07 Å². The quantitative estimate of drug-likeness (QED) is 0.388. The number of rotatable bonds is 11. The second-order valence-corrected chi connectivity index (χ2v) is 8.85. The maximum absolute atomic E-state index is 13.5. The molecule has 12 nitrogen and oxygen atoms in total. The smallest absolute Gasteiger partial charge is 0.286 e. The van der Waals surface area contributed by atoms with Gasteiger partial charge in [0.1, 0.15) is 35.4 Å². The second kappa shape index (κ2) is 11.1. The van der Waals surface area contributed by atoms with Gasteiger partial charge in [0, 0.05) is 13.0 Å². The molecule has 2 aromatic heterocycles. The van der Waals surface area contributed by atoms with Crippen molar-refractivity contribution < 1.29 is 32.1 Å². The normalized spacial score (nSPS) is 11.3. The Hall–Kier alpha value is -3.78. The molecule has 2 heterocycles. The van der Waals surface area contributed by atoms with Crippen LogP contribution in [0.25, 0.3) is 5.69 Å². The molecule has 1 aromatic carbocycles. The first-order valence-corrected chi connectivity index (χ1v) is 12.0. The van der Waals surface area contributed by atoms with E-state index in [0.29, 0.717) is 6.61 Å². The zero-order valence-corrected chi connectivity index (χ0v) is 20.0. The van der Waals surface area contributed by atoms with Crippen molar-refractivity contribution in [3.05, 3.63) is 58.4 Å². The number of benzene rings is 1. The minimum atomic E-state index is -4.18. The van der Waals surface area contributed by atoms with Gasteiger partial charge in [-0.3, -0.25) is 14.1 Å². The number of ether oxygens (including phenoxy) is 3. The van der Waals surface area contributed by atoms with E-state index in [1.54, 1.807) is 25.1 Å². The van der Waals surface area contributed by atoms with Gasteiger partial charge >= 0.3 is 0 Å². The van der Waals surface area contributed by atoms with Gasteiger partial charge < -0.3 is 19.3 Å². The summed E-state index contributed by atoms with van der Waals surface area (Å²) in [6, 6.07) is 4.80. The fraction of sp³-hybridized carbons (Fsp3) is 0.333. The van der Waals surface area contributed by atoms with Crippen molar-refractivity contribution in [3.8, 4) is 23.1 Å². The van der Waals surface area contributed by atoms with Gasteiger partial charge in [-0.2, -0.15) is 4.98 Å². The van der Waals surface area contributed by atoms with Crippen molar-refractivity contribution in [2.75, 3.05) is 31.3 Å². The number of hydrogen-bond donors (Lipinski definition) is 2. The Labute approximate surface area is 200 Å². The van der Waals surface area contributed by atoms with E-state index in [4.69, 9.17) is 14.2 Å². The Morgan fingerprint density at radius 2 is 1.77 bits per heavy atom. The Bertz CT molecular complexity index is 1330. The van der Waals surface area contributed by atoms with Crippen LogP contribution in [0.5, 0.6) is 17.4 Å². The molecule has 0 amide bonds. The zero-order valence-electron chi connectivity index (χ0n) is 19.2.